The van der Waals surface area contributed by atoms with Gasteiger partial charge in [-0.05, 0) is 61.0 Å². The third-order valence-corrected chi connectivity index (χ3v) is 11.0. The Kier molecular flexibility index (Phi) is 15.2. The van der Waals surface area contributed by atoms with Crippen LogP contribution in [0, 0.1) is 10.1 Å². The van der Waals surface area contributed by atoms with E-state index in [0.29, 0.717) is 63.8 Å². The largest absolute Gasteiger partial charge is 0.493 e. The Bertz CT molecular complexity index is 1450. The maximum Gasteiger partial charge on any atom is 0.286 e. The Morgan fingerprint density at radius 2 is 1.61 bits per heavy atom. The fourth-order valence-electron chi connectivity index (χ4n) is 5.76. The molecule has 1 atom stereocenters. The van der Waals surface area contributed by atoms with Crippen molar-refractivity contribution >= 4 is 47.1 Å². The lowest BCUT2D eigenvalue weighted by molar-refractivity contribution is -0.385. The molecule has 4 rings (SSSR count). The Morgan fingerprint density at radius 3 is 2.24 bits per heavy atom. The fraction of sp³-hybridized carbons (Fsp3) is 0.543. The Hall–Kier alpha value is -3.62. The number of hydrogen-bond donors (Lipinski definition) is 0. The molecular formula is C35H47N3O9S2. The van der Waals surface area contributed by atoms with E-state index < -0.39 is 4.92 Å². The third-order valence-electron chi connectivity index (χ3n) is 8.23. The van der Waals surface area contributed by atoms with Crippen LogP contribution in [-0.2, 0) is 9.53 Å². The second kappa shape index (κ2) is 19.5. The van der Waals surface area contributed by atoms with Crippen LogP contribution in [0.15, 0.2) is 36.4 Å². The zero-order valence-electron chi connectivity index (χ0n) is 28.7. The van der Waals surface area contributed by atoms with Gasteiger partial charge >= 0.3 is 0 Å². The number of amides is 2. The number of nitrogens with zero attached hydrogens (tertiary/aromatic N) is 3. The topological polar surface area (TPSA) is 130 Å². The summed E-state index contributed by atoms with van der Waals surface area (Å²) in [5.74, 6) is 3.06. The molecule has 268 valence electrons. The molecule has 14 heteroatoms. The predicted octanol–water partition coefficient (Wildman–Crippen LogP) is 6.16. The number of nitro groups is 1. The van der Waals surface area contributed by atoms with Gasteiger partial charge in [0.15, 0.2) is 23.0 Å². The van der Waals surface area contributed by atoms with Gasteiger partial charge in [0, 0.05) is 31.8 Å². The summed E-state index contributed by atoms with van der Waals surface area (Å²) in [6.07, 6.45) is 6.28. The highest BCUT2D eigenvalue weighted by Gasteiger charge is 2.38. The van der Waals surface area contributed by atoms with E-state index in [1.807, 2.05) is 35.7 Å². The lowest BCUT2D eigenvalue weighted by Gasteiger charge is -2.31. The summed E-state index contributed by atoms with van der Waals surface area (Å²) in [4.78, 5) is 41.4. The Balaban J connectivity index is 1.32. The van der Waals surface area contributed by atoms with Crippen LogP contribution in [0.5, 0.6) is 23.0 Å². The van der Waals surface area contributed by atoms with E-state index >= 15 is 0 Å². The fourth-order valence-corrected chi connectivity index (χ4v) is 8.63. The van der Waals surface area contributed by atoms with Crippen molar-refractivity contribution in [2.24, 2.45) is 0 Å². The average Bonchev–Trinajstić information content (AvgIpc) is 3.62. The zero-order chi connectivity index (χ0) is 35.2. The van der Waals surface area contributed by atoms with Gasteiger partial charge in [0.25, 0.3) is 11.6 Å². The molecule has 0 spiro atoms. The first kappa shape index (κ1) is 38.2. The van der Waals surface area contributed by atoms with Gasteiger partial charge in [0.05, 0.1) is 62.3 Å². The zero-order valence-corrected chi connectivity index (χ0v) is 30.4. The minimum atomic E-state index is -0.534. The number of rotatable bonds is 18. The van der Waals surface area contributed by atoms with Crippen molar-refractivity contribution < 1.29 is 38.2 Å². The SMILES string of the molecule is CCSC(SCC)[C@@H]1CCCN1C(=O)c1cc(OC)c(OCCCCOc2ccc(/C=C/C(=O)N3CCOCC3)cc2OC)cc1[N+](=O)[O-]. The number of methoxy groups -OCH3 is 2. The van der Waals surface area contributed by atoms with Crippen LogP contribution in [-0.4, -0.2) is 109 Å². The molecule has 49 heavy (non-hydrogen) atoms. The van der Waals surface area contributed by atoms with Crippen LogP contribution in [0.3, 0.4) is 0 Å². The molecule has 2 aliphatic heterocycles. The molecule has 2 saturated heterocycles. The molecule has 0 N–H and O–H groups in total. The first-order valence-corrected chi connectivity index (χ1v) is 18.8. The number of hydrogen-bond acceptors (Lipinski definition) is 11. The number of unbranched alkanes of at least 4 members (excludes halogenated alkanes) is 1. The molecule has 2 fully saturated rings. The minimum Gasteiger partial charge on any atom is -0.493 e. The monoisotopic (exact) mass is 717 g/mol. The van der Waals surface area contributed by atoms with Gasteiger partial charge in [-0.25, -0.2) is 0 Å². The molecule has 0 aliphatic carbocycles. The molecule has 0 saturated carbocycles. The number of thioether (sulfide) groups is 2. The summed E-state index contributed by atoms with van der Waals surface area (Å²) in [6, 6.07) is 8.21. The normalized spacial score (nSPS) is 16.3. The van der Waals surface area contributed by atoms with E-state index in [2.05, 4.69) is 13.8 Å². The molecule has 2 amide bonds. The highest BCUT2D eigenvalue weighted by Crippen LogP contribution is 2.39. The van der Waals surface area contributed by atoms with Crippen molar-refractivity contribution in [1.29, 1.82) is 0 Å². The summed E-state index contributed by atoms with van der Waals surface area (Å²) >= 11 is 3.63. The van der Waals surface area contributed by atoms with Crippen LogP contribution in [0.25, 0.3) is 6.08 Å². The molecular weight excluding hydrogens is 671 g/mol. The molecule has 2 aromatic carbocycles. The number of likely N-dealkylation sites (tertiary alicyclic amines) is 1. The van der Waals surface area contributed by atoms with Crippen LogP contribution in [0.4, 0.5) is 5.69 Å². The van der Waals surface area contributed by atoms with E-state index in [0.717, 1.165) is 29.9 Å². The molecule has 2 aliphatic rings. The van der Waals surface area contributed by atoms with Crippen molar-refractivity contribution in [3.8, 4) is 23.0 Å². The average molecular weight is 718 g/mol. The summed E-state index contributed by atoms with van der Waals surface area (Å²) in [5, 5.41) is 12.1. The second-order valence-electron chi connectivity index (χ2n) is 11.3. The van der Waals surface area contributed by atoms with Gasteiger partial charge < -0.3 is 33.5 Å². The Labute approximate surface area is 296 Å². The summed E-state index contributed by atoms with van der Waals surface area (Å²) < 4.78 is 28.4. The molecule has 0 aromatic heterocycles. The van der Waals surface area contributed by atoms with Crippen molar-refractivity contribution in [1.82, 2.24) is 9.80 Å². The molecule has 0 radical (unpaired) electrons. The molecule has 0 bridgehead atoms. The van der Waals surface area contributed by atoms with E-state index in [1.165, 1.54) is 19.2 Å². The van der Waals surface area contributed by atoms with Gasteiger partial charge in [-0.3, -0.25) is 19.7 Å². The quantitative estimate of drug-likeness (QED) is 0.0578. The number of carbonyl (C=O) groups excluding carboxylic acids is 2. The van der Waals surface area contributed by atoms with Crippen LogP contribution >= 0.6 is 23.5 Å². The molecule has 12 nitrogen and oxygen atoms in total. The summed E-state index contributed by atoms with van der Waals surface area (Å²) in [7, 11) is 3.02. The highest BCUT2D eigenvalue weighted by atomic mass is 32.2. The minimum absolute atomic E-state index is 0.00963. The first-order chi connectivity index (χ1) is 23.8. The van der Waals surface area contributed by atoms with Gasteiger partial charge in [-0.15, -0.1) is 23.5 Å². The molecule has 0 unspecified atom stereocenters. The maximum atomic E-state index is 13.8. The molecule has 2 heterocycles. The van der Waals surface area contributed by atoms with Gasteiger partial charge in [0.1, 0.15) is 5.56 Å². The maximum absolute atomic E-state index is 13.8. The summed E-state index contributed by atoms with van der Waals surface area (Å²) in [5.41, 5.74) is 0.522. The van der Waals surface area contributed by atoms with Gasteiger partial charge in [-0.1, -0.05) is 19.9 Å². The van der Waals surface area contributed by atoms with Gasteiger partial charge in [-0.2, -0.15) is 0 Å². The number of nitro benzene ring substituents is 1. The van der Waals surface area contributed by atoms with Crippen LogP contribution in [0.2, 0.25) is 0 Å². The Morgan fingerprint density at radius 1 is 0.959 bits per heavy atom. The van der Waals surface area contributed by atoms with E-state index in [-0.39, 0.29) is 51.8 Å². The van der Waals surface area contributed by atoms with E-state index in [9.17, 15) is 19.7 Å². The van der Waals surface area contributed by atoms with Crippen LogP contribution < -0.4 is 18.9 Å². The standard InChI is InChI=1S/C35H47N3O9S2/c1-5-48-35(49-6-2)27-10-9-15-37(27)34(40)26-23-31(44-4)32(24-28(26)38(41)42)47-19-8-7-18-46-29-13-11-25(22-30(29)43-3)12-14-33(39)36-16-20-45-21-17-36/h11-14,22-24,27,35H,5-10,15-21H2,1-4H3/b14-12+/t27-/m0/s1. The number of benzene rings is 2. The summed E-state index contributed by atoms with van der Waals surface area (Å²) in [6.45, 7) is 7.70. The van der Waals surface area contributed by atoms with Crippen molar-refractivity contribution in [2.45, 2.75) is 50.2 Å². The number of ether oxygens (including phenoxy) is 5. The predicted molar refractivity (Wildman–Crippen MR) is 193 cm³/mol. The van der Waals surface area contributed by atoms with E-state index in [1.54, 1.807) is 35.1 Å². The third kappa shape index (κ3) is 10.4. The lowest BCUT2D eigenvalue weighted by Crippen LogP contribution is -2.41. The number of morpholine rings is 1. The van der Waals surface area contributed by atoms with E-state index in [4.69, 9.17) is 23.7 Å². The molecule has 2 aromatic rings. The highest BCUT2D eigenvalue weighted by molar-refractivity contribution is 8.17. The smallest absolute Gasteiger partial charge is 0.286 e. The van der Waals surface area contributed by atoms with Crippen LogP contribution in [0.1, 0.15) is 55.5 Å². The first-order valence-electron chi connectivity index (χ1n) is 16.7. The lowest BCUT2D eigenvalue weighted by atomic mass is 10.1. The van der Waals surface area contributed by atoms with Crippen molar-refractivity contribution in [3.05, 3.63) is 57.6 Å². The van der Waals surface area contributed by atoms with Gasteiger partial charge in [0.2, 0.25) is 5.91 Å². The second-order valence-corrected chi connectivity index (χ2v) is 14.5. The van der Waals surface area contributed by atoms with Crippen molar-refractivity contribution in [3.63, 3.8) is 0 Å². The van der Waals surface area contributed by atoms with Crippen molar-refractivity contribution in [2.75, 3.05) is 71.8 Å². The number of carbonyl (C=O) groups is 2.